The molecular formula is C19H22N4O3. The molecule has 3 rings (SSSR count). The minimum Gasteiger partial charge on any atom is -0.494 e. The Hall–Kier alpha value is -3.06. The van der Waals surface area contributed by atoms with Crippen LogP contribution in [0.5, 0.6) is 5.75 Å². The lowest BCUT2D eigenvalue weighted by Gasteiger charge is -2.22. The normalized spacial score (nSPS) is 12.2. The Morgan fingerprint density at radius 2 is 2.12 bits per heavy atom. The molecule has 26 heavy (non-hydrogen) atoms. The third-order valence-corrected chi connectivity index (χ3v) is 4.13. The number of aromatic nitrogens is 2. The van der Waals surface area contributed by atoms with Crippen molar-refractivity contribution in [2.24, 2.45) is 0 Å². The third kappa shape index (κ3) is 3.78. The monoisotopic (exact) mass is 354 g/mol. The summed E-state index contributed by atoms with van der Waals surface area (Å²) in [5.41, 5.74) is 1.25. The van der Waals surface area contributed by atoms with Gasteiger partial charge in [-0.15, -0.1) is 0 Å². The summed E-state index contributed by atoms with van der Waals surface area (Å²) < 4.78 is 12.4. The van der Waals surface area contributed by atoms with Crippen LogP contribution in [0.2, 0.25) is 0 Å². The molecule has 1 unspecified atom stereocenters. The number of amides is 1. The highest BCUT2D eigenvalue weighted by atomic mass is 16.5. The second kappa shape index (κ2) is 7.88. The molecule has 1 N–H and O–H groups in total. The van der Waals surface area contributed by atoms with Crippen LogP contribution in [-0.2, 0) is 0 Å². The van der Waals surface area contributed by atoms with Gasteiger partial charge in [0.15, 0.2) is 0 Å². The average Bonchev–Trinajstić information content (AvgIpc) is 3.33. The Morgan fingerprint density at radius 1 is 1.31 bits per heavy atom. The van der Waals surface area contributed by atoms with E-state index in [4.69, 9.17) is 9.15 Å². The molecule has 2 heterocycles. The van der Waals surface area contributed by atoms with Crippen molar-refractivity contribution in [1.29, 1.82) is 0 Å². The van der Waals surface area contributed by atoms with Crippen molar-refractivity contribution in [3.8, 4) is 11.4 Å². The zero-order valence-corrected chi connectivity index (χ0v) is 15.0. The van der Waals surface area contributed by atoms with Gasteiger partial charge < -0.3 is 14.5 Å². The van der Waals surface area contributed by atoms with Gasteiger partial charge in [0, 0.05) is 12.7 Å². The summed E-state index contributed by atoms with van der Waals surface area (Å²) in [5.74, 6) is 1.30. The molecule has 0 saturated heterocycles. The summed E-state index contributed by atoms with van der Waals surface area (Å²) in [5, 5.41) is 7.21. The number of ether oxygens (including phenoxy) is 1. The summed E-state index contributed by atoms with van der Waals surface area (Å²) in [4.78, 5) is 14.5. The molecule has 7 heteroatoms. The van der Waals surface area contributed by atoms with Crippen LogP contribution in [0, 0.1) is 0 Å². The Balaban J connectivity index is 1.70. The number of likely N-dealkylation sites (N-methyl/N-ethyl adjacent to an activating group) is 1. The Labute approximate surface area is 152 Å². The van der Waals surface area contributed by atoms with E-state index in [1.807, 2.05) is 55.4 Å². The largest absolute Gasteiger partial charge is 0.494 e. The predicted molar refractivity (Wildman–Crippen MR) is 97.6 cm³/mol. The van der Waals surface area contributed by atoms with Crippen molar-refractivity contribution in [3.63, 3.8) is 0 Å². The van der Waals surface area contributed by atoms with Crippen LogP contribution in [0.15, 0.2) is 59.5 Å². The van der Waals surface area contributed by atoms with E-state index in [0.29, 0.717) is 17.9 Å². The molecule has 136 valence electrons. The third-order valence-electron chi connectivity index (χ3n) is 4.13. The first kappa shape index (κ1) is 17.8. The number of nitrogens with zero attached hydrogens (tertiary/aromatic N) is 3. The van der Waals surface area contributed by atoms with Gasteiger partial charge in [0.2, 0.25) is 0 Å². The van der Waals surface area contributed by atoms with E-state index < -0.39 is 0 Å². The number of furan rings is 1. The van der Waals surface area contributed by atoms with Crippen LogP contribution in [0.1, 0.15) is 22.2 Å². The molecule has 0 fully saturated rings. The zero-order chi connectivity index (χ0) is 18.5. The minimum absolute atomic E-state index is 0.0433. The lowest BCUT2D eigenvalue weighted by atomic mass is 10.2. The van der Waals surface area contributed by atoms with E-state index in [-0.39, 0.29) is 11.9 Å². The van der Waals surface area contributed by atoms with Gasteiger partial charge >= 0.3 is 0 Å². The molecule has 7 nitrogen and oxygen atoms in total. The van der Waals surface area contributed by atoms with Crippen LogP contribution in [0.25, 0.3) is 5.69 Å². The fraction of sp³-hybridized carbons (Fsp3) is 0.263. The molecule has 0 aliphatic rings. The molecule has 0 radical (unpaired) electrons. The van der Waals surface area contributed by atoms with Crippen molar-refractivity contribution < 1.29 is 13.9 Å². The number of carbonyl (C=O) groups excluding carboxylic acids is 1. The highest BCUT2D eigenvalue weighted by Gasteiger charge is 2.19. The maximum Gasteiger partial charge on any atom is 0.254 e. The number of benzene rings is 1. The molecule has 0 aliphatic heterocycles. The van der Waals surface area contributed by atoms with Crippen LogP contribution < -0.4 is 10.1 Å². The van der Waals surface area contributed by atoms with Crippen LogP contribution in [0.4, 0.5) is 0 Å². The van der Waals surface area contributed by atoms with E-state index >= 15 is 0 Å². The molecule has 1 atom stereocenters. The number of hydrogen-bond donors (Lipinski definition) is 1. The quantitative estimate of drug-likeness (QED) is 0.706. The number of para-hydroxylation sites is 2. The lowest BCUT2D eigenvalue weighted by molar-refractivity contribution is 0.0939. The Bertz CT molecular complexity index is 855. The van der Waals surface area contributed by atoms with Crippen molar-refractivity contribution in [2.75, 3.05) is 27.7 Å². The maximum atomic E-state index is 12.5. The molecule has 1 amide bonds. The van der Waals surface area contributed by atoms with Gasteiger partial charge in [0.1, 0.15) is 17.2 Å². The second-order valence-corrected chi connectivity index (χ2v) is 6.05. The summed E-state index contributed by atoms with van der Waals surface area (Å²) in [6, 6.07) is 11.2. The Kier molecular flexibility index (Phi) is 5.38. The smallest absolute Gasteiger partial charge is 0.254 e. The van der Waals surface area contributed by atoms with E-state index in [9.17, 15) is 4.79 Å². The molecular weight excluding hydrogens is 332 g/mol. The lowest BCUT2D eigenvalue weighted by Crippen LogP contribution is -2.34. The van der Waals surface area contributed by atoms with Gasteiger partial charge in [0.05, 0.1) is 31.2 Å². The van der Waals surface area contributed by atoms with Crippen molar-refractivity contribution in [3.05, 3.63) is 66.4 Å². The van der Waals surface area contributed by atoms with E-state index in [0.717, 1.165) is 11.4 Å². The van der Waals surface area contributed by atoms with Crippen LogP contribution in [0.3, 0.4) is 0 Å². The van der Waals surface area contributed by atoms with Gasteiger partial charge in [0.25, 0.3) is 5.91 Å². The summed E-state index contributed by atoms with van der Waals surface area (Å²) in [6.45, 7) is 0.430. The van der Waals surface area contributed by atoms with E-state index in [1.54, 1.807) is 30.4 Å². The van der Waals surface area contributed by atoms with E-state index in [1.165, 1.54) is 0 Å². The van der Waals surface area contributed by atoms with Crippen molar-refractivity contribution >= 4 is 5.91 Å². The Morgan fingerprint density at radius 3 is 2.81 bits per heavy atom. The number of carbonyl (C=O) groups is 1. The fourth-order valence-corrected chi connectivity index (χ4v) is 2.70. The van der Waals surface area contributed by atoms with Gasteiger partial charge in [-0.05, 0) is 38.4 Å². The maximum absolute atomic E-state index is 12.5. The number of rotatable bonds is 7. The van der Waals surface area contributed by atoms with Gasteiger partial charge in [-0.3, -0.25) is 9.69 Å². The molecule has 0 bridgehead atoms. The van der Waals surface area contributed by atoms with Gasteiger partial charge in [-0.2, -0.15) is 5.10 Å². The highest BCUT2D eigenvalue weighted by Crippen LogP contribution is 2.22. The highest BCUT2D eigenvalue weighted by molar-refractivity contribution is 5.93. The average molecular weight is 354 g/mol. The summed E-state index contributed by atoms with van der Waals surface area (Å²) in [7, 11) is 5.49. The van der Waals surface area contributed by atoms with Crippen molar-refractivity contribution in [1.82, 2.24) is 20.0 Å². The van der Waals surface area contributed by atoms with Crippen LogP contribution in [-0.4, -0.2) is 48.3 Å². The second-order valence-electron chi connectivity index (χ2n) is 6.05. The number of methoxy groups -OCH3 is 1. The van der Waals surface area contributed by atoms with Gasteiger partial charge in [-0.1, -0.05) is 12.1 Å². The first-order valence-electron chi connectivity index (χ1n) is 8.26. The van der Waals surface area contributed by atoms with Crippen molar-refractivity contribution in [2.45, 2.75) is 6.04 Å². The SMILES string of the molecule is COc1ccccc1-n1cc(C(=O)NCC(c2ccco2)N(C)C)cn1. The first-order valence-corrected chi connectivity index (χ1v) is 8.26. The molecule has 0 aliphatic carbocycles. The first-order chi connectivity index (χ1) is 12.6. The molecule has 2 aromatic heterocycles. The minimum atomic E-state index is -0.190. The summed E-state index contributed by atoms with van der Waals surface area (Å²) >= 11 is 0. The standard InChI is InChI=1S/C19H22N4O3/c1-22(2)16(18-9-6-10-26-18)12-20-19(24)14-11-21-23(13-14)15-7-4-5-8-17(15)25-3/h4-11,13,16H,12H2,1-3H3,(H,20,24). The van der Waals surface area contributed by atoms with Gasteiger partial charge in [-0.25, -0.2) is 4.68 Å². The molecule has 1 aromatic carbocycles. The fourth-order valence-electron chi connectivity index (χ4n) is 2.70. The van der Waals surface area contributed by atoms with Crippen LogP contribution >= 0.6 is 0 Å². The van der Waals surface area contributed by atoms with E-state index in [2.05, 4.69) is 10.4 Å². The molecule has 0 saturated carbocycles. The molecule has 0 spiro atoms. The molecule has 3 aromatic rings. The number of hydrogen-bond acceptors (Lipinski definition) is 5. The predicted octanol–water partition coefficient (Wildman–Crippen LogP) is 2.51. The summed E-state index contributed by atoms with van der Waals surface area (Å²) in [6.07, 6.45) is 4.86. The topological polar surface area (TPSA) is 72.5 Å². The zero-order valence-electron chi connectivity index (χ0n) is 15.0. The number of nitrogens with one attached hydrogen (secondary N) is 1.